The fourth-order valence-electron chi connectivity index (χ4n) is 2.85. The first-order valence-corrected chi connectivity index (χ1v) is 7.16. The number of aromatic carboxylic acids is 1. The van der Waals surface area contributed by atoms with Crippen LogP contribution < -0.4 is 11.1 Å². The van der Waals surface area contributed by atoms with Gasteiger partial charge in [0.1, 0.15) is 0 Å². The van der Waals surface area contributed by atoms with E-state index in [4.69, 9.17) is 10.8 Å². The molecule has 0 radical (unpaired) electrons. The van der Waals surface area contributed by atoms with Crippen molar-refractivity contribution in [3.05, 3.63) is 53.1 Å². The predicted molar refractivity (Wildman–Crippen MR) is 84.2 cm³/mol. The van der Waals surface area contributed by atoms with Gasteiger partial charge in [-0.15, -0.1) is 0 Å². The number of carboxylic acid groups (broad SMARTS) is 1. The smallest absolute Gasteiger partial charge is 0.335 e. The summed E-state index contributed by atoms with van der Waals surface area (Å²) in [5, 5.41) is 12.3. The minimum Gasteiger partial charge on any atom is -0.478 e. The molecule has 0 atom stereocenters. The fraction of sp³-hybridized carbons (Fsp3) is 0.235. The number of hydrogen-bond donors (Lipinski definition) is 3. The van der Waals surface area contributed by atoms with Crippen LogP contribution in [-0.2, 0) is 12.8 Å². The van der Waals surface area contributed by atoms with Gasteiger partial charge in [-0.3, -0.25) is 0 Å². The van der Waals surface area contributed by atoms with Crippen LogP contribution in [0.15, 0.2) is 36.4 Å². The Bertz CT molecular complexity index is 695. The minimum atomic E-state index is -0.967. The number of fused-ring (bicyclic) bond motifs is 1. The summed E-state index contributed by atoms with van der Waals surface area (Å²) < 4.78 is 0. The zero-order valence-electron chi connectivity index (χ0n) is 11.7. The number of nitrogens with one attached hydrogen (secondary N) is 1. The number of nitrogen functional groups attached to an aromatic ring is 1. The van der Waals surface area contributed by atoms with Gasteiger partial charge in [-0.2, -0.15) is 0 Å². The molecule has 4 N–H and O–H groups in total. The van der Waals surface area contributed by atoms with Crippen molar-refractivity contribution in [2.45, 2.75) is 25.7 Å². The summed E-state index contributed by atoms with van der Waals surface area (Å²) in [5.41, 5.74) is 11.2. The Morgan fingerprint density at radius 1 is 1.10 bits per heavy atom. The van der Waals surface area contributed by atoms with Crippen LogP contribution in [0.4, 0.5) is 17.1 Å². The van der Waals surface area contributed by atoms with Crippen LogP contribution in [-0.4, -0.2) is 11.1 Å². The van der Waals surface area contributed by atoms with Crippen LogP contribution in [0.5, 0.6) is 0 Å². The van der Waals surface area contributed by atoms with E-state index in [2.05, 4.69) is 17.4 Å². The maximum absolute atomic E-state index is 10.9. The van der Waals surface area contributed by atoms with E-state index in [1.807, 2.05) is 6.07 Å². The minimum absolute atomic E-state index is 0.202. The molecule has 0 aliphatic heterocycles. The third-order valence-electron chi connectivity index (χ3n) is 3.96. The second-order valence-electron chi connectivity index (χ2n) is 5.38. The Kier molecular flexibility index (Phi) is 3.52. The molecule has 108 valence electrons. The van der Waals surface area contributed by atoms with Crippen molar-refractivity contribution in [2.24, 2.45) is 0 Å². The number of aryl methyl sites for hydroxylation is 1. The van der Waals surface area contributed by atoms with Crippen LogP contribution in [0.25, 0.3) is 0 Å². The van der Waals surface area contributed by atoms with Crippen molar-refractivity contribution < 1.29 is 9.90 Å². The molecule has 0 spiro atoms. The van der Waals surface area contributed by atoms with Gasteiger partial charge in [-0.1, -0.05) is 12.1 Å². The summed E-state index contributed by atoms with van der Waals surface area (Å²) in [4.78, 5) is 10.9. The normalized spacial score (nSPS) is 13.5. The summed E-state index contributed by atoms with van der Waals surface area (Å²) >= 11 is 0. The molecule has 4 nitrogen and oxygen atoms in total. The van der Waals surface area contributed by atoms with Crippen molar-refractivity contribution >= 4 is 23.0 Å². The standard InChI is InChI=1S/C17H18N2O2/c18-14-10-12(17(20)21)8-9-16(14)19-15-7-3-5-11-4-1-2-6-13(11)15/h3,5,7-10,19H,1-2,4,6,18H2,(H,20,21). The summed E-state index contributed by atoms with van der Waals surface area (Å²) in [6, 6.07) is 11.1. The SMILES string of the molecule is Nc1cc(C(=O)O)ccc1Nc1cccc2c1CCCC2. The number of nitrogens with two attached hydrogens (primary N) is 1. The molecule has 0 unspecified atom stereocenters. The van der Waals surface area contributed by atoms with Gasteiger partial charge in [0.25, 0.3) is 0 Å². The highest BCUT2D eigenvalue weighted by Gasteiger charge is 2.14. The van der Waals surface area contributed by atoms with Gasteiger partial charge >= 0.3 is 5.97 Å². The molecule has 1 aliphatic rings. The summed E-state index contributed by atoms with van der Waals surface area (Å²) in [6.07, 6.45) is 4.65. The third-order valence-corrected chi connectivity index (χ3v) is 3.96. The number of benzene rings is 2. The Morgan fingerprint density at radius 3 is 2.67 bits per heavy atom. The lowest BCUT2D eigenvalue weighted by molar-refractivity contribution is 0.0697. The molecule has 0 saturated heterocycles. The molecule has 0 aromatic heterocycles. The third kappa shape index (κ3) is 2.70. The molecule has 1 aliphatic carbocycles. The largest absolute Gasteiger partial charge is 0.478 e. The fourth-order valence-corrected chi connectivity index (χ4v) is 2.85. The molecule has 0 heterocycles. The van der Waals surface area contributed by atoms with Crippen LogP contribution >= 0.6 is 0 Å². The summed E-state index contributed by atoms with van der Waals surface area (Å²) in [7, 11) is 0. The quantitative estimate of drug-likeness (QED) is 0.752. The van der Waals surface area contributed by atoms with E-state index in [0.29, 0.717) is 5.69 Å². The zero-order valence-corrected chi connectivity index (χ0v) is 11.7. The van der Waals surface area contributed by atoms with E-state index in [-0.39, 0.29) is 5.56 Å². The molecular formula is C17H18N2O2. The van der Waals surface area contributed by atoms with Gasteiger partial charge in [-0.25, -0.2) is 4.79 Å². The van der Waals surface area contributed by atoms with E-state index in [1.165, 1.54) is 30.0 Å². The lowest BCUT2D eigenvalue weighted by atomic mass is 9.90. The number of carboxylic acids is 1. The first-order chi connectivity index (χ1) is 10.1. The Hall–Kier alpha value is -2.49. The molecule has 4 heteroatoms. The maximum atomic E-state index is 10.9. The maximum Gasteiger partial charge on any atom is 0.335 e. The lowest BCUT2D eigenvalue weighted by Crippen LogP contribution is -2.07. The molecule has 21 heavy (non-hydrogen) atoms. The lowest BCUT2D eigenvalue weighted by Gasteiger charge is -2.20. The summed E-state index contributed by atoms with van der Waals surface area (Å²) in [6.45, 7) is 0. The van der Waals surface area contributed by atoms with Crippen LogP contribution in [0, 0.1) is 0 Å². The topological polar surface area (TPSA) is 75.4 Å². The Labute approximate surface area is 123 Å². The number of anilines is 3. The molecular weight excluding hydrogens is 264 g/mol. The molecule has 0 saturated carbocycles. The Balaban J connectivity index is 1.92. The van der Waals surface area contributed by atoms with Gasteiger partial charge in [0.15, 0.2) is 0 Å². The van der Waals surface area contributed by atoms with Crippen molar-refractivity contribution in [3.8, 4) is 0 Å². The van der Waals surface area contributed by atoms with E-state index in [1.54, 1.807) is 12.1 Å². The van der Waals surface area contributed by atoms with Gasteiger partial charge < -0.3 is 16.2 Å². The monoisotopic (exact) mass is 282 g/mol. The van der Waals surface area contributed by atoms with Crippen molar-refractivity contribution in [2.75, 3.05) is 11.1 Å². The van der Waals surface area contributed by atoms with Crippen molar-refractivity contribution in [1.29, 1.82) is 0 Å². The zero-order chi connectivity index (χ0) is 14.8. The van der Waals surface area contributed by atoms with Crippen molar-refractivity contribution in [1.82, 2.24) is 0 Å². The summed E-state index contributed by atoms with van der Waals surface area (Å²) in [5.74, 6) is -0.967. The highest BCUT2D eigenvalue weighted by atomic mass is 16.4. The highest BCUT2D eigenvalue weighted by molar-refractivity contribution is 5.91. The molecule has 3 rings (SSSR count). The molecule has 0 bridgehead atoms. The van der Waals surface area contributed by atoms with Crippen LogP contribution in [0.1, 0.15) is 34.3 Å². The second-order valence-corrected chi connectivity index (χ2v) is 5.38. The molecule has 2 aromatic carbocycles. The van der Waals surface area contributed by atoms with Crippen LogP contribution in [0.3, 0.4) is 0 Å². The molecule has 0 fully saturated rings. The number of hydrogen-bond acceptors (Lipinski definition) is 3. The second kappa shape index (κ2) is 5.48. The molecule has 2 aromatic rings. The van der Waals surface area contributed by atoms with Gasteiger partial charge in [0, 0.05) is 5.69 Å². The average Bonchev–Trinajstić information content (AvgIpc) is 2.49. The van der Waals surface area contributed by atoms with Gasteiger partial charge in [0.2, 0.25) is 0 Å². The van der Waals surface area contributed by atoms with E-state index >= 15 is 0 Å². The first kappa shape index (κ1) is 13.5. The van der Waals surface area contributed by atoms with Gasteiger partial charge in [-0.05, 0) is 61.1 Å². The van der Waals surface area contributed by atoms with Crippen molar-refractivity contribution in [3.63, 3.8) is 0 Å². The molecule has 0 amide bonds. The number of rotatable bonds is 3. The predicted octanol–water partition coefficient (Wildman–Crippen LogP) is 3.59. The van der Waals surface area contributed by atoms with Gasteiger partial charge in [0.05, 0.1) is 16.9 Å². The van der Waals surface area contributed by atoms with E-state index in [9.17, 15) is 4.79 Å². The highest BCUT2D eigenvalue weighted by Crippen LogP contribution is 2.31. The van der Waals surface area contributed by atoms with Crippen LogP contribution in [0.2, 0.25) is 0 Å². The van der Waals surface area contributed by atoms with E-state index < -0.39 is 5.97 Å². The average molecular weight is 282 g/mol. The Morgan fingerprint density at radius 2 is 1.90 bits per heavy atom. The van der Waals surface area contributed by atoms with E-state index in [0.717, 1.165) is 24.2 Å². The first-order valence-electron chi connectivity index (χ1n) is 7.16. The number of carbonyl (C=O) groups is 1.